The van der Waals surface area contributed by atoms with Crippen LogP contribution in [0.25, 0.3) is 0 Å². The number of alkyl halides is 1. The Labute approximate surface area is 191 Å². The number of aliphatic hydroxyl groups excluding tert-OH is 1. The molecule has 0 spiro atoms. The standard InChI is InChI=1S/C24H36Cl2N2O2/c1-17(2)23(27-14-18-11-19(16-29)13-22(26)12-18)15-28-9-7-24(30,8-10-28)20-3-5-21(25)6-4-20/h3,5,11-12,17,22-23,27,29-30H,4,6-10,13-16H2,1-2H3/t22?,23-/m0/s1. The predicted octanol–water partition coefficient (Wildman–Crippen LogP) is 4.13. The molecule has 1 saturated heterocycles. The summed E-state index contributed by atoms with van der Waals surface area (Å²) >= 11 is 12.4. The predicted molar refractivity (Wildman–Crippen MR) is 126 cm³/mol. The van der Waals surface area contributed by atoms with Crippen molar-refractivity contribution < 1.29 is 10.2 Å². The van der Waals surface area contributed by atoms with Gasteiger partial charge >= 0.3 is 0 Å². The molecule has 2 atom stereocenters. The van der Waals surface area contributed by atoms with Crippen molar-refractivity contribution in [3.8, 4) is 0 Å². The summed E-state index contributed by atoms with van der Waals surface area (Å²) in [5.41, 5.74) is 2.61. The number of likely N-dealkylation sites (tertiary alicyclic amines) is 1. The molecule has 1 aliphatic heterocycles. The maximum Gasteiger partial charge on any atom is 0.0884 e. The van der Waals surface area contributed by atoms with Gasteiger partial charge in [0.15, 0.2) is 0 Å². The Morgan fingerprint density at radius 1 is 1.23 bits per heavy atom. The third-order valence-corrected chi connectivity index (χ3v) is 7.25. The van der Waals surface area contributed by atoms with Crippen molar-refractivity contribution >= 4 is 23.2 Å². The Morgan fingerprint density at radius 2 is 1.97 bits per heavy atom. The van der Waals surface area contributed by atoms with E-state index < -0.39 is 5.60 Å². The van der Waals surface area contributed by atoms with Gasteiger partial charge in [-0.1, -0.05) is 43.7 Å². The van der Waals surface area contributed by atoms with Gasteiger partial charge in [-0.2, -0.15) is 0 Å². The van der Waals surface area contributed by atoms with E-state index in [2.05, 4.69) is 36.2 Å². The summed E-state index contributed by atoms with van der Waals surface area (Å²) in [6.07, 6.45) is 12.1. The molecule has 0 aromatic rings. The van der Waals surface area contributed by atoms with E-state index in [0.29, 0.717) is 12.0 Å². The fraction of sp³-hybridized carbons (Fsp3) is 0.667. The van der Waals surface area contributed by atoms with Crippen LogP contribution in [0.15, 0.2) is 46.1 Å². The monoisotopic (exact) mass is 454 g/mol. The summed E-state index contributed by atoms with van der Waals surface area (Å²) in [4.78, 5) is 2.47. The molecule has 0 amide bonds. The highest BCUT2D eigenvalue weighted by Crippen LogP contribution is 2.36. The number of nitrogens with one attached hydrogen (secondary N) is 1. The molecule has 3 rings (SSSR count). The molecule has 3 N–H and O–H groups in total. The van der Waals surface area contributed by atoms with E-state index in [9.17, 15) is 10.2 Å². The normalized spacial score (nSPS) is 26.0. The highest BCUT2D eigenvalue weighted by atomic mass is 35.5. The van der Waals surface area contributed by atoms with Crippen LogP contribution < -0.4 is 5.32 Å². The number of halogens is 2. The molecule has 0 saturated carbocycles. The summed E-state index contributed by atoms with van der Waals surface area (Å²) in [5.74, 6) is 0.497. The summed E-state index contributed by atoms with van der Waals surface area (Å²) in [5, 5.41) is 25.1. The smallest absolute Gasteiger partial charge is 0.0884 e. The number of piperidine rings is 1. The quantitative estimate of drug-likeness (QED) is 0.482. The van der Waals surface area contributed by atoms with E-state index in [-0.39, 0.29) is 12.0 Å². The van der Waals surface area contributed by atoms with Crippen molar-refractivity contribution in [1.29, 1.82) is 0 Å². The molecule has 0 bridgehead atoms. The SMILES string of the molecule is CC(C)[C@H](CN1CCC(O)(C2=CC=C(Cl)CC2)CC1)NCC1=CC(Cl)CC(CO)=C1. The molecule has 0 radical (unpaired) electrons. The first-order valence-corrected chi connectivity index (χ1v) is 12.0. The lowest BCUT2D eigenvalue weighted by Crippen LogP contribution is -2.51. The van der Waals surface area contributed by atoms with Crippen LogP contribution >= 0.6 is 23.2 Å². The van der Waals surface area contributed by atoms with Gasteiger partial charge in [0.05, 0.1) is 17.6 Å². The molecule has 2 aliphatic carbocycles. The maximum absolute atomic E-state index is 11.2. The van der Waals surface area contributed by atoms with E-state index in [1.54, 1.807) is 0 Å². The minimum atomic E-state index is -0.681. The Kier molecular flexibility index (Phi) is 8.65. The second-order valence-electron chi connectivity index (χ2n) is 9.29. The summed E-state index contributed by atoms with van der Waals surface area (Å²) in [6.45, 7) is 8.09. The van der Waals surface area contributed by atoms with Crippen molar-refractivity contribution in [3.05, 3.63) is 46.1 Å². The molecule has 0 aromatic heterocycles. The minimum Gasteiger partial charge on any atom is -0.392 e. The van der Waals surface area contributed by atoms with Crippen molar-refractivity contribution in [2.45, 2.75) is 63.0 Å². The third-order valence-electron chi connectivity index (χ3n) is 6.65. The zero-order valence-electron chi connectivity index (χ0n) is 18.2. The molecule has 30 heavy (non-hydrogen) atoms. The van der Waals surface area contributed by atoms with Crippen LogP contribution in [0.1, 0.15) is 46.0 Å². The minimum absolute atomic E-state index is 0.0370. The Morgan fingerprint density at radius 3 is 2.57 bits per heavy atom. The van der Waals surface area contributed by atoms with Crippen LogP contribution in [-0.4, -0.2) is 64.9 Å². The molecular weight excluding hydrogens is 419 g/mol. The zero-order chi connectivity index (χ0) is 21.7. The lowest BCUT2D eigenvalue weighted by atomic mass is 9.80. The highest BCUT2D eigenvalue weighted by Gasteiger charge is 2.36. The van der Waals surface area contributed by atoms with Crippen molar-refractivity contribution in [2.75, 3.05) is 32.8 Å². The lowest BCUT2D eigenvalue weighted by molar-refractivity contribution is 0.00338. The number of hydrogen-bond donors (Lipinski definition) is 3. The molecule has 0 aromatic carbocycles. The van der Waals surface area contributed by atoms with Gasteiger partial charge in [-0.05, 0) is 60.8 Å². The largest absolute Gasteiger partial charge is 0.392 e. The first-order chi connectivity index (χ1) is 14.3. The molecule has 1 fully saturated rings. The topological polar surface area (TPSA) is 55.7 Å². The molecule has 1 unspecified atom stereocenters. The van der Waals surface area contributed by atoms with E-state index in [4.69, 9.17) is 23.2 Å². The number of hydrogen-bond acceptors (Lipinski definition) is 4. The van der Waals surface area contributed by atoms with Crippen molar-refractivity contribution in [1.82, 2.24) is 10.2 Å². The van der Waals surface area contributed by atoms with Crippen molar-refractivity contribution in [2.24, 2.45) is 5.92 Å². The second-order valence-corrected chi connectivity index (χ2v) is 10.3. The zero-order valence-corrected chi connectivity index (χ0v) is 19.7. The first-order valence-electron chi connectivity index (χ1n) is 11.2. The number of nitrogens with zero attached hydrogens (tertiary/aromatic N) is 1. The van der Waals surface area contributed by atoms with Gasteiger partial charge in [0.2, 0.25) is 0 Å². The Hall–Kier alpha value is -0.620. The van der Waals surface area contributed by atoms with E-state index >= 15 is 0 Å². The number of allylic oxidation sites excluding steroid dienone is 4. The number of rotatable bonds is 8. The third kappa shape index (κ3) is 6.44. The van der Waals surface area contributed by atoms with Crippen molar-refractivity contribution in [3.63, 3.8) is 0 Å². The fourth-order valence-electron chi connectivity index (χ4n) is 4.60. The van der Waals surface area contributed by atoms with E-state index in [1.165, 1.54) is 0 Å². The van der Waals surface area contributed by atoms with Gasteiger partial charge in [0, 0.05) is 37.3 Å². The van der Waals surface area contributed by atoms with Crippen LogP contribution in [0.3, 0.4) is 0 Å². The van der Waals surface area contributed by atoms with Gasteiger partial charge < -0.3 is 20.4 Å². The molecule has 6 heteroatoms. The molecular formula is C24H36Cl2N2O2. The van der Waals surface area contributed by atoms with Crippen LogP contribution in [0.2, 0.25) is 0 Å². The van der Waals surface area contributed by atoms with Gasteiger partial charge in [-0.25, -0.2) is 0 Å². The van der Waals surface area contributed by atoms with Gasteiger partial charge in [-0.3, -0.25) is 0 Å². The molecule has 168 valence electrons. The van der Waals surface area contributed by atoms with Gasteiger partial charge in [0.1, 0.15) is 0 Å². The van der Waals surface area contributed by atoms with Crippen LogP contribution in [0.5, 0.6) is 0 Å². The molecule has 1 heterocycles. The Bertz CT molecular complexity index is 719. The van der Waals surface area contributed by atoms with E-state index in [1.807, 2.05) is 12.2 Å². The van der Waals surface area contributed by atoms with E-state index in [0.717, 1.165) is 80.0 Å². The summed E-state index contributed by atoms with van der Waals surface area (Å²) in [7, 11) is 0. The van der Waals surface area contributed by atoms with Gasteiger partial charge in [-0.15, -0.1) is 11.6 Å². The molecule has 4 nitrogen and oxygen atoms in total. The summed E-state index contributed by atoms with van der Waals surface area (Å²) < 4.78 is 0. The van der Waals surface area contributed by atoms with Crippen LogP contribution in [0, 0.1) is 5.92 Å². The average molecular weight is 455 g/mol. The number of aliphatic hydroxyl groups is 2. The van der Waals surface area contributed by atoms with Crippen LogP contribution in [0.4, 0.5) is 0 Å². The first kappa shape index (κ1) is 24.0. The van der Waals surface area contributed by atoms with Crippen LogP contribution in [-0.2, 0) is 0 Å². The second kappa shape index (κ2) is 10.8. The highest BCUT2D eigenvalue weighted by molar-refractivity contribution is 6.29. The fourth-order valence-corrected chi connectivity index (χ4v) is 5.11. The average Bonchev–Trinajstić information content (AvgIpc) is 2.72. The molecule has 3 aliphatic rings. The Balaban J connectivity index is 1.52. The maximum atomic E-state index is 11.2. The summed E-state index contributed by atoms with van der Waals surface area (Å²) in [6, 6.07) is 0.356. The van der Waals surface area contributed by atoms with Gasteiger partial charge in [0.25, 0.3) is 0 Å². The lowest BCUT2D eigenvalue weighted by Gasteiger charge is -2.42.